The molecule has 0 atom stereocenters. The topological polar surface area (TPSA) is 119 Å². The van der Waals surface area contributed by atoms with Gasteiger partial charge in [0.2, 0.25) is 10.0 Å². The van der Waals surface area contributed by atoms with E-state index in [2.05, 4.69) is 31.3 Å². The molecule has 36 heavy (non-hydrogen) atoms. The summed E-state index contributed by atoms with van der Waals surface area (Å²) in [5.74, 6) is 0.102. The van der Waals surface area contributed by atoms with Gasteiger partial charge in [-0.25, -0.2) is 22.1 Å². The number of nitrogens with zero attached hydrogens (tertiary/aromatic N) is 5. The number of nitrogens with one attached hydrogen (secondary N) is 1. The third-order valence-corrected chi connectivity index (χ3v) is 10.2. The monoisotopic (exact) mass is 573 g/mol. The third kappa shape index (κ3) is 4.25. The summed E-state index contributed by atoms with van der Waals surface area (Å²) >= 11 is 3.56. The van der Waals surface area contributed by atoms with Gasteiger partial charge in [-0.3, -0.25) is 4.98 Å². The van der Waals surface area contributed by atoms with Crippen molar-refractivity contribution < 1.29 is 12.8 Å². The molecule has 9 nitrogen and oxygen atoms in total. The highest BCUT2D eigenvalue weighted by molar-refractivity contribution is 9.10. The van der Waals surface area contributed by atoms with Gasteiger partial charge < -0.3 is 11.1 Å². The average molecular weight is 574 g/mol. The first-order valence-corrected chi connectivity index (χ1v) is 14.2. The largest absolute Gasteiger partial charge is 0.383 e. The summed E-state index contributed by atoms with van der Waals surface area (Å²) in [5.41, 5.74) is 9.90. The molecule has 0 radical (unpaired) electrons. The first-order valence-electron chi connectivity index (χ1n) is 11.9. The Morgan fingerprint density at radius 1 is 1.14 bits per heavy atom. The fourth-order valence-corrected chi connectivity index (χ4v) is 7.02. The lowest BCUT2D eigenvalue weighted by Gasteiger charge is -2.31. The van der Waals surface area contributed by atoms with E-state index in [-0.39, 0.29) is 17.1 Å². The fraction of sp³-hybridized carbons (Fsp3) is 0.375. The van der Waals surface area contributed by atoms with Crippen LogP contribution in [-0.2, 0) is 16.6 Å². The van der Waals surface area contributed by atoms with Crippen molar-refractivity contribution in [2.24, 2.45) is 0 Å². The molecule has 12 heteroatoms. The predicted octanol–water partition coefficient (Wildman–Crippen LogP) is 3.47. The Labute approximate surface area is 216 Å². The summed E-state index contributed by atoms with van der Waals surface area (Å²) in [7, 11) is -3.12. The van der Waals surface area contributed by atoms with Gasteiger partial charge in [-0.15, -0.1) is 0 Å². The van der Waals surface area contributed by atoms with Gasteiger partial charge in [0.05, 0.1) is 27.1 Å². The van der Waals surface area contributed by atoms with Crippen LogP contribution in [0.15, 0.2) is 41.1 Å². The maximum absolute atomic E-state index is 13.8. The van der Waals surface area contributed by atoms with E-state index in [0.717, 1.165) is 42.5 Å². The van der Waals surface area contributed by atoms with E-state index in [4.69, 9.17) is 10.7 Å². The number of hydrogen-bond donors (Lipinski definition) is 2. The first-order chi connectivity index (χ1) is 17.3. The van der Waals surface area contributed by atoms with Gasteiger partial charge >= 0.3 is 0 Å². The van der Waals surface area contributed by atoms with Crippen LogP contribution in [0.5, 0.6) is 0 Å². The fourth-order valence-electron chi connectivity index (χ4n) is 4.75. The van der Waals surface area contributed by atoms with E-state index in [1.54, 1.807) is 27.3 Å². The highest BCUT2D eigenvalue weighted by atomic mass is 79.9. The van der Waals surface area contributed by atoms with Crippen molar-refractivity contribution in [3.05, 3.63) is 52.6 Å². The summed E-state index contributed by atoms with van der Waals surface area (Å²) in [4.78, 5) is 9.29. The Hall–Kier alpha value is -2.67. The van der Waals surface area contributed by atoms with E-state index >= 15 is 0 Å². The number of hydrogen-bond acceptors (Lipinski definition) is 7. The van der Waals surface area contributed by atoms with Crippen molar-refractivity contribution in [2.75, 3.05) is 18.8 Å². The van der Waals surface area contributed by atoms with Crippen molar-refractivity contribution >= 4 is 48.3 Å². The maximum Gasteiger partial charge on any atom is 0.216 e. The SMILES string of the molecule is Nc1c(Br)c(CNC2CCN(S(=O)(=O)C3CC3)CC2)nc2c(-c3cnc4ccc(F)cc4c3)cnn12. The second-order valence-electron chi connectivity index (χ2n) is 9.41. The van der Waals surface area contributed by atoms with Crippen LogP contribution in [0, 0.1) is 5.82 Å². The molecule has 0 spiro atoms. The first kappa shape index (κ1) is 23.7. The van der Waals surface area contributed by atoms with Gasteiger partial charge in [0.1, 0.15) is 11.6 Å². The molecule has 2 aliphatic rings. The van der Waals surface area contributed by atoms with Crippen LogP contribution >= 0.6 is 15.9 Å². The molecule has 1 saturated heterocycles. The molecule has 0 bridgehead atoms. The Kier molecular flexibility index (Phi) is 5.94. The zero-order valence-corrected chi connectivity index (χ0v) is 21.8. The Bertz CT molecular complexity index is 1580. The number of piperidine rings is 1. The van der Waals surface area contributed by atoms with Crippen molar-refractivity contribution in [1.82, 2.24) is 29.2 Å². The molecule has 2 fully saturated rings. The molecule has 3 aromatic heterocycles. The van der Waals surface area contributed by atoms with Crippen molar-refractivity contribution in [2.45, 2.75) is 43.5 Å². The zero-order valence-electron chi connectivity index (χ0n) is 19.4. The molecule has 1 saturated carbocycles. The summed E-state index contributed by atoms with van der Waals surface area (Å²) in [6.45, 7) is 1.54. The molecule has 6 rings (SSSR count). The lowest BCUT2D eigenvalue weighted by Crippen LogP contribution is -2.45. The number of aromatic nitrogens is 4. The standard InChI is InChI=1S/C24H25BrFN7O2S/c25-22-21(13-28-17-5-7-32(8-6-17)36(34,35)18-2-3-18)31-24-19(12-30-33(24)23(22)27)15-9-14-10-16(26)1-4-20(14)29-11-15/h1,4,9-12,17-18,28H,2-3,5-8,13,27H2. The van der Waals surface area contributed by atoms with E-state index in [0.29, 0.717) is 46.5 Å². The minimum Gasteiger partial charge on any atom is -0.383 e. The molecule has 3 N–H and O–H groups in total. The second kappa shape index (κ2) is 9.02. The number of benzene rings is 1. The Morgan fingerprint density at radius 3 is 2.67 bits per heavy atom. The minimum absolute atomic E-state index is 0.168. The van der Waals surface area contributed by atoms with Crippen LogP contribution in [0.4, 0.5) is 10.2 Å². The number of halogens is 2. The van der Waals surface area contributed by atoms with Crippen LogP contribution in [-0.4, -0.2) is 56.7 Å². The molecule has 4 aromatic rings. The van der Waals surface area contributed by atoms with Crippen LogP contribution in [0.2, 0.25) is 0 Å². The van der Waals surface area contributed by atoms with Gasteiger partial charge in [-0.2, -0.15) is 9.61 Å². The van der Waals surface area contributed by atoms with Crippen molar-refractivity contribution in [3.8, 4) is 11.1 Å². The van der Waals surface area contributed by atoms with Crippen LogP contribution in [0.1, 0.15) is 31.4 Å². The summed E-state index contributed by atoms with van der Waals surface area (Å²) in [6.07, 6.45) is 6.47. The summed E-state index contributed by atoms with van der Waals surface area (Å²) in [5, 5.41) is 8.45. The third-order valence-electron chi connectivity index (χ3n) is 6.96. The van der Waals surface area contributed by atoms with Gasteiger partial charge in [0, 0.05) is 48.4 Å². The van der Waals surface area contributed by atoms with Gasteiger partial charge in [0.15, 0.2) is 5.65 Å². The van der Waals surface area contributed by atoms with Crippen LogP contribution in [0.3, 0.4) is 0 Å². The zero-order chi connectivity index (χ0) is 25.0. The molecule has 1 aromatic carbocycles. The highest BCUT2D eigenvalue weighted by Gasteiger charge is 2.41. The molecular formula is C24H25BrFN7O2S. The maximum atomic E-state index is 13.8. The number of sulfonamides is 1. The van der Waals surface area contributed by atoms with Gasteiger partial charge in [-0.05, 0) is 65.9 Å². The van der Waals surface area contributed by atoms with Gasteiger partial charge in [0.25, 0.3) is 0 Å². The lowest BCUT2D eigenvalue weighted by atomic mass is 10.1. The number of nitrogen functional groups attached to an aromatic ring is 1. The predicted molar refractivity (Wildman–Crippen MR) is 139 cm³/mol. The highest BCUT2D eigenvalue weighted by Crippen LogP contribution is 2.33. The van der Waals surface area contributed by atoms with E-state index in [1.165, 1.54) is 12.1 Å². The molecule has 1 aliphatic carbocycles. The number of anilines is 1. The number of rotatable bonds is 6. The van der Waals surface area contributed by atoms with Crippen LogP contribution in [0.25, 0.3) is 27.7 Å². The van der Waals surface area contributed by atoms with E-state index in [9.17, 15) is 12.8 Å². The molecule has 1 aliphatic heterocycles. The van der Waals surface area contributed by atoms with E-state index < -0.39 is 10.0 Å². The number of fused-ring (bicyclic) bond motifs is 2. The van der Waals surface area contributed by atoms with Crippen molar-refractivity contribution in [1.29, 1.82) is 0 Å². The normalized spacial score (nSPS) is 17.8. The van der Waals surface area contributed by atoms with E-state index in [1.807, 2.05) is 6.07 Å². The number of pyridine rings is 1. The number of nitrogens with two attached hydrogens (primary N) is 1. The molecule has 188 valence electrons. The average Bonchev–Trinajstić information content (AvgIpc) is 3.66. The molecule has 0 amide bonds. The van der Waals surface area contributed by atoms with Gasteiger partial charge in [-0.1, -0.05) is 0 Å². The van der Waals surface area contributed by atoms with Crippen molar-refractivity contribution in [3.63, 3.8) is 0 Å². The summed E-state index contributed by atoms with van der Waals surface area (Å²) in [6, 6.07) is 6.54. The Morgan fingerprint density at radius 2 is 1.92 bits per heavy atom. The smallest absolute Gasteiger partial charge is 0.216 e. The molecule has 4 heterocycles. The molecule has 0 unspecified atom stereocenters. The minimum atomic E-state index is -3.12. The lowest BCUT2D eigenvalue weighted by molar-refractivity contribution is 0.287. The summed E-state index contributed by atoms with van der Waals surface area (Å²) < 4.78 is 42.6. The Balaban J connectivity index is 1.23. The quantitative estimate of drug-likeness (QED) is 0.362. The van der Waals surface area contributed by atoms with Crippen LogP contribution < -0.4 is 11.1 Å². The second-order valence-corrected chi connectivity index (χ2v) is 12.4. The molecular weight excluding hydrogens is 549 g/mol.